The lowest BCUT2D eigenvalue weighted by Gasteiger charge is -2.20. The van der Waals surface area contributed by atoms with Crippen LogP contribution in [-0.2, 0) is 16.1 Å². The second kappa shape index (κ2) is 6.76. The number of hydrogen-bond acceptors (Lipinski definition) is 5. The Morgan fingerprint density at radius 2 is 1.79 bits per heavy atom. The molecule has 0 atom stereocenters. The summed E-state index contributed by atoms with van der Waals surface area (Å²) >= 11 is 4.89. The van der Waals surface area contributed by atoms with Crippen molar-refractivity contribution in [2.75, 3.05) is 13.1 Å². The third kappa shape index (κ3) is 4.98. The van der Waals surface area contributed by atoms with E-state index in [1.807, 2.05) is 0 Å². The number of hydrogen-bond donors (Lipinski definition) is 3. The number of rotatable bonds is 7. The lowest BCUT2D eigenvalue weighted by atomic mass is 10.1. The minimum absolute atomic E-state index is 0.0887. The third-order valence-electron chi connectivity index (χ3n) is 2.28. The molecule has 19 heavy (non-hydrogen) atoms. The Hall–Kier alpha value is -2.06. The summed E-state index contributed by atoms with van der Waals surface area (Å²) in [5, 5.41) is 0. The molecule has 0 aliphatic rings. The Labute approximate surface area is 115 Å². The maximum Gasteiger partial charge on any atom is 0.231 e. The van der Waals surface area contributed by atoms with Crippen LogP contribution in [0, 0.1) is 0 Å². The van der Waals surface area contributed by atoms with Gasteiger partial charge in [-0.25, -0.2) is 0 Å². The van der Waals surface area contributed by atoms with Crippen molar-refractivity contribution in [2.24, 2.45) is 17.2 Å². The van der Waals surface area contributed by atoms with Crippen molar-refractivity contribution in [1.82, 2.24) is 9.88 Å². The highest BCUT2D eigenvalue weighted by Crippen LogP contribution is 2.09. The predicted octanol–water partition coefficient (Wildman–Crippen LogP) is -1.51. The maximum atomic E-state index is 11.0. The molecule has 1 aromatic heterocycles. The summed E-state index contributed by atoms with van der Waals surface area (Å²) in [4.78, 5) is 27.6. The summed E-state index contributed by atoms with van der Waals surface area (Å²) in [5.74, 6) is -1.11. The molecule has 8 heteroatoms. The summed E-state index contributed by atoms with van der Waals surface area (Å²) < 4.78 is 0. The zero-order valence-electron chi connectivity index (χ0n) is 10.2. The quantitative estimate of drug-likeness (QED) is 0.521. The smallest absolute Gasteiger partial charge is 0.231 e. The molecular weight excluding hydrogens is 266 g/mol. The van der Waals surface area contributed by atoms with Crippen molar-refractivity contribution >= 4 is 29.0 Å². The van der Waals surface area contributed by atoms with Crippen LogP contribution in [-0.4, -0.2) is 39.8 Å². The van der Waals surface area contributed by atoms with E-state index in [2.05, 4.69) is 4.98 Å². The van der Waals surface area contributed by atoms with E-state index >= 15 is 0 Å². The highest BCUT2D eigenvalue weighted by atomic mass is 32.1. The van der Waals surface area contributed by atoms with Crippen LogP contribution in [0.4, 0.5) is 0 Å². The van der Waals surface area contributed by atoms with Gasteiger partial charge < -0.3 is 17.2 Å². The van der Waals surface area contributed by atoms with Gasteiger partial charge in [0.05, 0.1) is 13.1 Å². The molecule has 1 heterocycles. The van der Waals surface area contributed by atoms with Crippen LogP contribution in [0.15, 0.2) is 18.3 Å². The summed E-state index contributed by atoms with van der Waals surface area (Å²) in [5.41, 5.74) is 17.0. The van der Waals surface area contributed by atoms with Crippen molar-refractivity contribution in [3.05, 3.63) is 29.6 Å². The van der Waals surface area contributed by atoms with Crippen LogP contribution in [0.25, 0.3) is 0 Å². The van der Waals surface area contributed by atoms with E-state index in [0.717, 1.165) is 0 Å². The summed E-state index contributed by atoms with van der Waals surface area (Å²) in [6, 6.07) is 3.47. The second-order valence-corrected chi connectivity index (χ2v) is 4.39. The minimum Gasteiger partial charge on any atom is -0.388 e. The number of aromatic nitrogens is 1. The van der Waals surface area contributed by atoms with Crippen LogP contribution in [0.2, 0.25) is 0 Å². The monoisotopic (exact) mass is 281 g/mol. The van der Waals surface area contributed by atoms with Gasteiger partial charge in [0.15, 0.2) is 0 Å². The Bertz CT molecular complexity index is 490. The summed E-state index contributed by atoms with van der Waals surface area (Å²) in [6.07, 6.45) is 1.56. The summed E-state index contributed by atoms with van der Waals surface area (Å²) in [6.45, 7) is 0.0790. The Morgan fingerprint density at radius 3 is 2.26 bits per heavy atom. The van der Waals surface area contributed by atoms with Gasteiger partial charge in [-0.2, -0.15) is 0 Å². The molecule has 6 N–H and O–H groups in total. The number of nitrogens with two attached hydrogens (primary N) is 3. The van der Waals surface area contributed by atoms with Crippen LogP contribution in [0.3, 0.4) is 0 Å². The van der Waals surface area contributed by atoms with Crippen molar-refractivity contribution in [3.63, 3.8) is 0 Å². The number of pyridine rings is 1. The van der Waals surface area contributed by atoms with E-state index in [1.54, 1.807) is 18.3 Å². The van der Waals surface area contributed by atoms with Gasteiger partial charge in [-0.15, -0.1) is 0 Å². The fourth-order valence-electron chi connectivity index (χ4n) is 1.64. The Morgan fingerprint density at radius 1 is 1.21 bits per heavy atom. The molecular formula is C11H15N5O2S. The molecule has 0 unspecified atom stereocenters. The zero-order chi connectivity index (χ0) is 14.4. The highest BCUT2D eigenvalue weighted by molar-refractivity contribution is 7.80. The van der Waals surface area contributed by atoms with Crippen molar-refractivity contribution in [1.29, 1.82) is 0 Å². The van der Waals surface area contributed by atoms with Gasteiger partial charge in [0.2, 0.25) is 11.8 Å². The number of amides is 2. The Kier molecular flexibility index (Phi) is 5.34. The van der Waals surface area contributed by atoms with E-state index in [9.17, 15) is 9.59 Å². The average molecular weight is 281 g/mol. The van der Waals surface area contributed by atoms with Crippen LogP contribution in [0.5, 0.6) is 0 Å². The van der Waals surface area contributed by atoms with Gasteiger partial charge in [-0.05, 0) is 11.6 Å². The molecule has 2 amide bonds. The van der Waals surface area contributed by atoms with E-state index in [-0.39, 0.29) is 24.6 Å². The maximum absolute atomic E-state index is 11.0. The van der Waals surface area contributed by atoms with Crippen LogP contribution in [0.1, 0.15) is 11.3 Å². The van der Waals surface area contributed by atoms with E-state index < -0.39 is 11.8 Å². The van der Waals surface area contributed by atoms with Crippen LogP contribution < -0.4 is 17.2 Å². The lowest BCUT2D eigenvalue weighted by molar-refractivity contribution is -0.122. The largest absolute Gasteiger partial charge is 0.388 e. The van der Waals surface area contributed by atoms with Gasteiger partial charge in [-0.3, -0.25) is 19.5 Å². The second-order valence-electron chi connectivity index (χ2n) is 3.95. The number of carbonyl (C=O) groups is 2. The fraction of sp³-hybridized carbons (Fsp3) is 0.273. The molecule has 1 rings (SSSR count). The molecule has 1 aromatic rings. The zero-order valence-corrected chi connectivity index (χ0v) is 11.0. The van der Waals surface area contributed by atoms with Crippen molar-refractivity contribution in [2.45, 2.75) is 6.54 Å². The first-order chi connectivity index (χ1) is 8.90. The molecule has 0 aliphatic heterocycles. The molecule has 102 valence electrons. The molecule has 0 radical (unpaired) electrons. The van der Waals surface area contributed by atoms with E-state index in [4.69, 9.17) is 29.4 Å². The van der Waals surface area contributed by atoms with E-state index in [0.29, 0.717) is 11.3 Å². The molecule has 7 nitrogen and oxygen atoms in total. The number of carbonyl (C=O) groups excluding carboxylic acids is 2. The summed E-state index contributed by atoms with van der Waals surface area (Å²) in [7, 11) is 0. The molecule has 0 aromatic carbocycles. The lowest BCUT2D eigenvalue weighted by Crippen LogP contribution is -2.39. The predicted molar refractivity (Wildman–Crippen MR) is 73.8 cm³/mol. The molecule has 0 bridgehead atoms. The number of nitrogens with zero attached hydrogens (tertiary/aromatic N) is 2. The van der Waals surface area contributed by atoms with Gasteiger partial charge in [0, 0.05) is 12.7 Å². The van der Waals surface area contributed by atoms with Gasteiger partial charge >= 0.3 is 0 Å². The fourth-order valence-corrected chi connectivity index (χ4v) is 1.82. The highest BCUT2D eigenvalue weighted by Gasteiger charge is 2.15. The molecule has 0 spiro atoms. The first-order valence-corrected chi connectivity index (χ1v) is 5.83. The van der Waals surface area contributed by atoms with Gasteiger partial charge in [-0.1, -0.05) is 18.3 Å². The normalized spacial score (nSPS) is 10.4. The topological polar surface area (TPSA) is 128 Å². The molecule has 0 aliphatic carbocycles. The minimum atomic E-state index is -0.554. The first-order valence-electron chi connectivity index (χ1n) is 5.42. The SMILES string of the molecule is NC(=O)CN(CC(N)=O)Cc1cccnc1C(N)=S. The first kappa shape index (κ1) is 15.0. The number of primary amides is 2. The van der Waals surface area contributed by atoms with Crippen molar-refractivity contribution in [3.8, 4) is 0 Å². The van der Waals surface area contributed by atoms with Gasteiger partial charge in [0.1, 0.15) is 10.7 Å². The third-order valence-corrected chi connectivity index (χ3v) is 2.47. The van der Waals surface area contributed by atoms with Crippen LogP contribution >= 0.6 is 12.2 Å². The van der Waals surface area contributed by atoms with E-state index in [1.165, 1.54) is 4.90 Å². The number of thiocarbonyl (C=S) groups is 1. The molecule has 0 saturated heterocycles. The van der Waals surface area contributed by atoms with Crippen molar-refractivity contribution < 1.29 is 9.59 Å². The molecule has 0 saturated carbocycles. The average Bonchev–Trinajstić information content (AvgIpc) is 2.27. The van der Waals surface area contributed by atoms with Gasteiger partial charge in [0.25, 0.3) is 0 Å². The standard InChI is InChI=1S/C11H15N5O2S/c12-8(17)5-16(6-9(13)18)4-7-2-1-3-15-10(7)11(14)19/h1-3H,4-6H2,(H2,12,17)(H2,13,18)(H2,14,19). The Balaban J connectivity index is 2.92. The molecule has 0 fully saturated rings.